The molecule has 0 aliphatic rings. The van der Waals surface area contributed by atoms with Gasteiger partial charge >= 0.3 is 0 Å². The number of hydrogen-bond acceptors (Lipinski definition) is 2. The molecule has 0 radical (unpaired) electrons. The van der Waals surface area contributed by atoms with E-state index in [0.717, 1.165) is 0 Å². The predicted octanol–water partition coefficient (Wildman–Crippen LogP) is 2.10. The molecular formula is C8H9ClFNO. The van der Waals surface area contributed by atoms with Gasteiger partial charge < -0.3 is 5.11 Å². The smallest absolute Gasteiger partial charge is 0.166 e. The average molecular weight is 190 g/mol. The summed E-state index contributed by atoms with van der Waals surface area (Å²) in [5.74, 6) is -0.660. The standard InChI is InChI=1S/C8H9ClFNO/c1-8(2,12)5-3-4-11-7(9)6(5)10/h3-4,12H,1-2H3. The fourth-order valence-electron chi connectivity index (χ4n) is 0.891. The Labute approximate surface area is 75.0 Å². The number of aromatic nitrogens is 1. The molecular weight excluding hydrogens is 181 g/mol. The number of rotatable bonds is 1. The highest BCUT2D eigenvalue weighted by Gasteiger charge is 2.22. The fourth-order valence-corrected chi connectivity index (χ4v) is 1.05. The van der Waals surface area contributed by atoms with E-state index in [9.17, 15) is 9.50 Å². The van der Waals surface area contributed by atoms with Crippen molar-refractivity contribution in [3.8, 4) is 0 Å². The van der Waals surface area contributed by atoms with Crippen molar-refractivity contribution in [2.75, 3.05) is 0 Å². The second kappa shape index (κ2) is 2.99. The zero-order chi connectivity index (χ0) is 9.35. The lowest BCUT2D eigenvalue weighted by molar-refractivity contribution is 0.0744. The number of hydrogen-bond donors (Lipinski definition) is 1. The molecule has 1 N–H and O–H groups in total. The highest BCUT2D eigenvalue weighted by atomic mass is 35.5. The molecule has 0 aliphatic carbocycles. The van der Waals surface area contributed by atoms with Crippen molar-refractivity contribution in [1.82, 2.24) is 4.98 Å². The van der Waals surface area contributed by atoms with Crippen molar-refractivity contribution in [2.24, 2.45) is 0 Å². The van der Waals surface area contributed by atoms with Gasteiger partial charge in [-0.1, -0.05) is 11.6 Å². The van der Waals surface area contributed by atoms with Crippen LogP contribution in [0.25, 0.3) is 0 Å². The number of halogens is 2. The maximum Gasteiger partial charge on any atom is 0.166 e. The Kier molecular flexibility index (Phi) is 2.35. The molecule has 66 valence electrons. The highest BCUT2D eigenvalue weighted by Crippen LogP contribution is 2.25. The molecule has 0 atom stereocenters. The van der Waals surface area contributed by atoms with Gasteiger partial charge in [-0.2, -0.15) is 0 Å². The molecule has 0 bridgehead atoms. The van der Waals surface area contributed by atoms with Crippen LogP contribution in [0.15, 0.2) is 12.3 Å². The zero-order valence-electron chi connectivity index (χ0n) is 6.81. The van der Waals surface area contributed by atoms with Crippen LogP contribution in [0.4, 0.5) is 4.39 Å². The van der Waals surface area contributed by atoms with Gasteiger partial charge in [0.15, 0.2) is 11.0 Å². The van der Waals surface area contributed by atoms with Gasteiger partial charge in [0.2, 0.25) is 0 Å². The first kappa shape index (κ1) is 9.42. The van der Waals surface area contributed by atoms with Crippen molar-refractivity contribution >= 4 is 11.6 Å². The van der Waals surface area contributed by atoms with Crippen LogP contribution in [0, 0.1) is 5.82 Å². The Balaban J connectivity index is 3.26. The number of pyridine rings is 1. The third-order valence-electron chi connectivity index (χ3n) is 1.51. The Morgan fingerprint density at radius 2 is 2.17 bits per heavy atom. The molecule has 0 spiro atoms. The van der Waals surface area contributed by atoms with Crippen LogP contribution in [0.1, 0.15) is 19.4 Å². The summed E-state index contributed by atoms with van der Waals surface area (Å²) in [5, 5.41) is 9.25. The maximum atomic E-state index is 13.1. The molecule has 4 heteroatoms. The molecule has 1 aromatic heterocycles. The lowest BCUT2D eigenvalue weighted by Crippen LogP contribution is -2.17. The second-order valence-corrected chi connectivity index (χ2v) is 3.38. The molecule has 1 heterocycles. The highest BCUT2D eigenvalue weighted by molar-refractivity contribution is 6.29. The van der Waals surface area contributed by atoms with E-state index in [4.69, 9.17) is 11.6 Å². The lowest BCUT2D eigenvalue weighted by Gasteiger charge is -2.18. The first-order chi connectivity index (χ1) is 5.43. The van der Waals surface area contributed by atoms with Gasteiger partial charge in [0.1, 0.15) is 0 Å². The van der Waals surface area contributed by atoms with Gasteiger partial charge in [0.25, 0.3) is 0 Å². The van der Waals surface area contributed by atoms with E-state index in [1.54, 1.807) is 0 Å². The average Bonchev–Trinajstić information content (AvgIpc) is 1.92. The summed E-state index contributed by atoms with van der Waals surface area (Å²) >= 11 is 5.42. The number of nitrogens with zero attached hydrogens (tertiary/aromatic N) is 1. The molecule has 0 saturated carbocycles. The quantitative estimate of drug-likeness (QED) is 0.687. The third kappa shape index (κ3) is 1.73. The van der Waals surface area contributed by atoms with Crippen molar-refractivity contribution in [1.29, 1.82) is 0 Å². The van der Waals surface area contributed by atoms with Gasteiger partial charge in [-0.25, -0.2) is 9.37 Å². The van der Waals surface area contributed by atoms with Crippen molar-refractivity contribution < 1.29 is 9.50 Å². The maximum absolute atomic E-state index is 13.1. The third-order valence-corrected chi connectivity index (χ3v) is 1.77. The fraction of sp³-hybridized carbons (Fsp3) is 0.375. The second-order valence-electron chi connectivity index (χ2n) is 3.02. The van der Waals surface area contributed by atoms with E-state index in [-0.39, 0.29) is 10.7 Å². The molecule has 2 nitrogen and oxygen atoms in total. The molecule has 12 heavy (non-hydrogen) atoms. The minimum atomic E-state index is -1.23. The summed E-state index contributed by atoms with van der Waals surface area (Å²) in [6.45, 7) is 2.98. The SMILES string of the molecule is CC(C)(O)c1ccnc(Cl)c1F. The molecule has 0 fully saturated rings. The van der Waals surface area contributed by atoms with Gasteiger partial charge in [0, 0.05) is 11.8 Å². The van der Waals surface area contributed by atoms with Crippen LogP contribution in [0.5, 0.6) is 0 Å². The first-order valence-electron chi connectivity index (χ1n) is 3.46. The van der Waals surface area contributed by atoms with E-state index < -0.39 is 11.4 Å². The summed E-state index contributed by atoms with van der Waals surface area (Å²) in [6.07, 6.45) is 1.36. The van der Waals surface area contributed by atoms with Crippen LogP contribution in [-0.2, 0) is 5.60 Å². The summed E-state index contributed by atoms with van der Waals surface area (Å²) in [6, 6.07) is 1.40. The monoisotopic (exact) mass is 189 g/mol. The summed E-state index contributed by atoms with van der Waals surface area (Å²) in [7, 11) is 0. The van der Waals surface area contributed by atoms with Crippen molar-refractivity contribution in [2.45, 2.75) is 19.4 Å². The minimum Gasteiger partial charge on any atom is -0.386 e. The molecule has 0 saturated heterocycles. The molecule has 0 amide bonds. The van der Waals surface area contributed by atoms with E-state index in [0.29, 0.717) is 0 Å². The largest absolute Gasteiger partial charge is 0.386 e. The predicted molar refractivity (Wildman–Crippen MR) is 44.4 cm³/mol. The summed E-state index contributed by atoms with van der Waals surface area (Å²) < 4.78 is 13.1. The normalized spacial score (nSPS) is 11.8. The molecule has 1 rings (SSSR count). The molecule has 0 unspecified atom stereocenters. The molecule has 0 aromatic carbocycles. The minimum absolute atomic E-state index is 0.155. The lowest BCUT2D eigenvalue weighted by atomic mass is 9.99. The number of aliphatic hydroxyl groups is 1. The first-order valence-corrected chi connectivity index (χ1v) is 3.83. The van der Waals surface area contributed by atoms with E-state index >= 15 is 0 Å². The van der Waals surface area contributed by atoms with Crippen LogP contribution in [-0.4, -0.2) is 10.1 Å². The Bertz CT molecular complexity index is 296. The van der Waals surface area contributed by atoms with Crippen LogP contribution in [0.3, 0.4) is 0 Å². The van der Waals surface area contributed by atoms with Gasteiger partial charge in [-0.15, -0.1) is 0 Å². The van der Waals surface area contributed by atoms with Crippen molar-refractivity contribution in [3.63, 3.8) is 0 Å². The summed E-state index contributed by atoms with van der Waals surface area (Å²) in [4.78, 5) is 3.53. The van der Waals surface area contributed by atoms with Crippen LogP contribution >= 0.6 is 11.6 Å². The summed E-state index contributed by atoms with van der Waals surface area (Å²) in [5.41, 5.74) is -1.07. The van der Waals surface area contributed by atoms with Gasteiger partial charge in [0.05, 0.1) is 5.60 Å². The van der Waals surface area contributed by atoms with Gasteiger partial charge in [-0.3, -0.25) is 0 Å². The topological polar surface area (TPSA) is 33.1 Å². The van der Waals surface area contributed by atoms with Crippen molar-refractivity contribution in [3.05, 3.63) is 28.8 Å². The Hall–Kier alpha value is -0.670. The van der Waals surface area contributed by atoms with E-state index in [1.807, 2.05) is 0 Å². The van der Waals surface area contributed by atoms with E-state index in [2.05, 4.69) is 4.98 Å². The van der Waals surface area contributed by atoms with Gasteiger partial charge in [-0.05, 0) is 19.9 Å². The van der Waals surface area contributed by atoms with E-state index in [1.165, 1.54) is 26.1 Å². The zero-order valence-corrected chi connectivity index (χ0v) is 7.56. The van der Waals surface area contributed by atoms with Crippen LogP contribution < -0.4 is 0 Å². The Morgan fingerprint density at radius 3 is 2.58 bits per heavy atom. The molecule has 0 aliphatic heterocycles. The van der Waals surface area contributed by atoms with Crippen LogP contribution in [0.2, 0.25) is 5.15 Å². The Morgan fingerprint density at radius 1 is 1.58 bits per heavy atom. The molecule has 1 aromatic rings.